The zero-order valence-corrected chi connectivity index (χ0v) is 15.2. The number of hydrogen-bond donors (Lipinski definition) is 1. The molecule has 0 saturated carbocycles. The number of piperidine rings is 1. The highest BCUT2D eigenvalue weighted by Crippen LogP contribution is 2.24. The highest BCUT2D eigenvalue weighted by atomic mass is 32.2. The van der Waals surface area contributed by atoms with E-state index >= 15 is 0 Å². The first-order chi connectivity index (χ1) is 12.4. The fraction of sp³-hybridized carbons (Fsp3) is 0.412. The molecule has 1 N–H and O–H groups in total. The van der Waals surface area contributed by atoms with Crippen LogP contribution < -0.4 is 5.32 Å². The highest BCUT2D eigenvalue weighted by Gasteiger charge is 2.33. The quantitative estimate of drug-likeness (QED) is 0.861. The van der Waals surface area contributed by atoms with E-state index in [1.165, 1.54) is 41.1 Å². The first-order valence-corrected chi connectivity index (χ1v) is 9.92. The van der Waals surface area contributed by atoms with Gasteiger partial charge in [0.25, 0.3) is 10.0 Å². The Morgan fingerprint density at radius 1 is 1.27 bits per heavy atom. The third-order valence-electron chi connectivity index (χ3n) is 4.52. The molecule has 9 heteroatoms. The van der Waals surface area contributed by atoms with Crippen LogP contribution >= 0.6 is 0 Å². The zero-order valence-electron chi connectivity index (χ0n) is 14.4. The summed E-state index contributed by atoms with van der Waals surface area (Å²) in [4.78, 5) is 16.3. The summed E-state index contributed by atoms with van der Waals surface area (Å²) in [6, 6.07) is 5.55. The number of carbonyl (C=O) groups is 1. The van der Waals surface area contributed by atoms with Gasteiger partial charge >= 0.3 is 0 Å². The molecule has 3 rings (SSSR count). The van der Waals surface area contributed by atoms with Crippen LogP contribution in [-0.2, 0) is 21.4 Å². The fourth-order valence-electron chi connectivity index (χ4n) is 2.91. The number of rotatable bonds is 5. The van der Waals surface area contributed by atoms with Crippen molar-refractivity contribution in [3.05, 3.63) is 42.6 Å². The predicted octanol–water partition coefficient (Wildman–Crippen LogP) is 2.08. The highest BCUT2D eigenvalue weighted by molar-refractivity contribution is 7.89. The Hall–Kier alpha value is -2.26. The normalized spacial score (nSPS) is 16.5. The van der Waals surface area contributed by atoms with Crippen molar-refractivity contribution in [3.8, 4) is 0 Å². The monoisotopic (exact) mass is 380 g/mol. The summed E-state index contributed by atoms with van der Waals surface area (Å²) in [5.41, 5.74) is 0.525. The lowest BCUT2D eigenvalue weighted by molar-refractivity contribution is -0.120. The van der Waals surface area contributed by atoms with Gasteiger partial charge in [0.1, 0.15) is 5.82 Å². The van der Waals surface area contributed by atoms with E-state index in [-0.39, 0.29) is 35.8 Å². The van der Waals surface area contributed by atoms with Gasteiger partial charge in [-0.2, -0.15) is 4.31 Å². The average molecular weight is 380 g/mol. The Balaban J connectivity index is 1.59. The minimum Gasteiger partial charge on any atom is -0.336 e. The Kier molecular flexibility index (Phi) is 5.38. The van der Waals surface area contributed by atoms with Crippen molar-refractivity contribution in [2.24, 2.45) is 5.92 Å². The minimum atomic E-state index is -3.64. The molecule has 0 atom stereocenters. The van der Waals surface area contributed by atoms with Gasteiger partial charge in [0.05, 0.1) is 6.33 Å². The summed E-state index contributed by atoms with van der Waals surface area (Å²) >= 11 is 0. The Labute approximate surface area is 151 Å². The van der Waals surface area contributed by atoms with Gasteiger partial charge < -0.3 is 9.88 Å². The zero-order chi connectivity index (χ0) is 18.7. The number of hydrogen-bond acceptors (Lipinski definition) is 4. The van der Waals surface area contributed by atoms with E-state index in [4.69, 9.17) is 0 Å². The van der Waals surface area contributed by atoms with Crippen LogP contribution in [0.25, 0.3) is 0 Å². The molecular formula is C17H21FN4O3S. The SMILES string of the molecule is CCn1cnc(S(=O)(=O)N2CCC(C(=O)Nc3ccc(F)cc3)CC2)c1. The maximum atomic E-state index is 12.9. The van der Waals surface area contributed by atoms with Crippen molar-refractivity contribution in [2.75, 3.05) is 18.4 Å². The van der Waals surface area contributed by atoms with Crippen molar-refractivity contribution < 1.29 is 17.6 Å². The van der Waals surface area contributed by atoms with Crippen LogP contribution in [0.5, 0.6) is 0 Å². The number of sulfonamides is 1. The second kappa shape index (κ2) is 7.55. The summed E-state index contributed by atoms with van der Waals surface area (Å²) in [6.45, 7) is 3.09. The van der Waals surface area contributed by atoms with E-state index in [1.807, 2.05) is 6.92 Å². The van der Waals surface area contributed by atoms with E-state index in [0.717, 1.165) is 0 Å². The molecule has 0 spiro atoms. The summed E-state index contributed by atoms with van der Waals surface area (Å²) in [5, 5.41) is 2.78. The number of halogens is 1. The summed E-state index contributed by atoms with van der Waals surface area (Å²) in [5.74, 6) is -0.823. The van der Waals surface area contributed by atoms with Crippen LogP contribution in [0, 0.1) is 11.7 Å². The summed E-state index contributed by atoms with van der Waals surface area (Å²) < 4.78 is 41.3. The van der Waals surface area contributed by atoms with Gasteiger partial charge in [0.2, 0.25) is 5.91 Å². The molecule has 1 amide bonds. The molecule has 1 saturated heterocycles. The first-order valence-electron chi connectivity index (χ1n) is 8.48. The number of aryl methyl sites for hydroxylation is 1. The van der Waals surface area contributed by atoms with Crippen LogP contribution in [0.2, 0.25) is 0 Å². The number of carbonyl (C=O) groups excluding carboxylic acids is 1. The maximum absolute atomic E-state index is 12.9. The van der Waals surface area contributed by atoms with Crippen LogP contribution in [0.15, 0.2) is 41.8 Å². The van der Waals surface area contributed by atoms with E-state index in [1.54, 1.807) is 4.57 Å². The Bertz CT molecular complexity index is 872. The number of amides is 1. The number of benzene rings is 1. The third kappa shape index (κ3) is 3.94. The topological polar surface area (TPSA) is 84.3 Å². The number of nitrogens with zero attached hydrogens (tertiary/aromatic N) is 3. The standard InChI is InChI=1S/C17H21FN4O3S/c1-2-21-11-16(19-12-21)26(24,25)22-9-7-13(8-10-22)17(23)20-15-5-3-14(18)4-6-15/h3-6,11-13H,2,7-10H2,1H3,(H,20,23). The molecule has 0 radical (unpaired) electrons. The van der Waals surface area contributed by atoms with Gasteiger partial charge in [0, 0.05) is 37.4 Å². The van der Waals surface area contributed by atoms with E-state index in [0.29, 0.717) is 25.1 Å². The number of nitrogens with one attached hydrogen (secondary N) is 1. The van der Waals surface area contributed by atoms with Gasteiger partial charge in [-0.3, -0.25) is 4.79 Å². The molecule has 1 aliphatic rings. The molecule has 2 heterocycles. The van der Waals surface area contributed by atoms with E-state index in [9.17, 15) is 17.6 Å². The maximum Gasteiger partial charge on any atom is 0.262 e. The van der Waals surface area contributed by atoms with Crippen molar-refractivity contribution >= 4 is 21.6 Å². The second-order valence-electron chi connectivity index (χ2n) is 6.22. The fourth-order valence-corrected chi connectivity index (χ4v) is 4.32. The Morgan fingerprint density at radius 2 is 1.92 bits per heavy atom. The van der Waals surface area contributed by atoms with Gasteiger partial charge in [-0.15, -0.1) is 0 Å². The molecule has 2 aromatic rings. The second-order valence-corrected chi connectivity index (χ2v) is 8.10. The van der Waals surface area contributed by atoms with Crippen LogP contribution in [0.1, 0.15) is 19.8 Å². The van der Waals surface area contributed by atoms with Crippen molar-refractivity contribution in [3.63, 3.8) is 0 Å². The molecular weight excluding hydrogens is 359 g/mol. The van der Waals surface area contributed by atoms with Gasteiger partial charge in [-0.05, 0) is 44.0 Å². The van der Waals surface area contributed by atoms with Crippen molar-refractivity contribution in [1.82, 2.24) is 13.9 Å². The van der Waals surface area contributed by atoms with Crippen molar-refractivity contribution in [1.29, 1.82) is 0 Å². The molecule has 0 bridgehead atoms. The van der Waals surface area contributed by atoms with E-state index in [2.05, 4.69) is 10.3 Å². The van der Waals surface area contributed by atoms with Crippen molar-refractivity contribution in [2.45, 2.75) is 31.3 Å². The molecule has 0 unspecified atom stereocenters. The number of aromatic nitrogens is 2. The molecule has 7 nitrogen and oxygen atoms in total. The van der Waals surface area contributed by atoms with Gasteiger partial charge in [-0.1, -0.05) is 0 Å². The summed E-state index contributed by atoms with van der Waals surface area (Å²) in [6.07, 6.45) is 3.87. The van der Waals surface area contributed by atoms with Gasteiger partial charge in [0.15, 0.2) is 5.03 Å². The lowest BCUT2D eigenvalue weighted by Crippen LogP contribution is -2.41. The molecule has 1 aromatic carbocycles. The van der Waals surface area contributed by atoms with Crippen LogP contribution in [0.4, 0.5) is 10.1 Å². The van der Waals surface area contributed by atoms with E-state index < -0.39 is 10.0 Å². The van der Waals surface area contributed by atoms with Crippen LogP contribution in [-0.4, -0.2) is 41.3 Å². The lowest BCUT2D eigenvalue weighted by Gasteiger charge is -2.29. The predicted molar refractivity (Wildman–Crippen MR) is 94.4 cm³/mol. The van der Waals surface area contributed by atoms with Gasteiger partial charge in [-0.25, -0.2) is 17.8 Å². The Morgan fingerprint density at radius 3 is 2.50 bits per heavy atom. The summed E-state index contributed by atoms with van der Waals surface area (Å²) in [7, 11) is -3.64. The lowest BCUT2D eigenvalue weighted by atomic mass is 9.97. The number of imidazole rings is 1. The average Bonchev–Trinajstić information content (AvgIpc) is 3.14. The minimum absolute atomic E-state index is 0.0357. The molecule has 1 aliphatic heterocycles. The first kappa shape index (κ1) is 18.5. The smallest absolute Gasteiger partial charge is 0.262 e. The number of anilines is 1. The molecule has 26 heavy (non-hydrogen) atoms. The molecule has 1 fully saturated rings. The molecule has 140 valence electrons. The largest absolute Gasteiger partial charge is 0.336 e. The van der Waals surface area contributed by atoms with Crippen LogP contribution in [0.3, 0.4) is 0 Å². The molecule has 1 aromatic heterocycles. The third-order valence-corrected chi connectivity index (χ3v) is 6.30. The molecule has 0 aliphatic carbocycles.